The van der Waals surface area contributed by atoms with Crippen LogP contribution in [0.15, 0.2) is 47.4 Å². The van der Waals surface area contributed by atoms with Crippen molar-refractivity contribution in [2.75, 3.05) is 18.5 Å². The Morgan fingerprint density at radius 1 is 1.04 bits per heavy atom. The maximum Gasteiger partial charge on any atom is 0.321 e. The average molecular weight is 411 g/mol. The first kappa shape index (κ1) is 20.9. The second-order valence-corrected chi connectivity index (χ2v) is 7.99. The van der Waals surface area contributed by atoms with Crippen LogP contribution in [-0.2, 0) is 24.3 Å². The molecule has 0 heterocycles. The summed E-state index contributed by atoms with van der Waals surface area (Å²) in [6.45, 7) is 2.55. The van der Waals surface area contributed by atoms with Gasteiger partial charge in [-0.2, -0.15) is 4.72 Å². The van der Waals surface area contributed by atoms with E-state index in [4.69, 9.17) is 16.3 Å². The summed E-state index contributed by atoms with van der Waals surface area (Å²) in [4.78, 5) is 23.5. The van der Waals surface area contributed by atoms with Crippen molar-refractivity contribution in [3.05, 3.63) is 58.6 Å². The van der Waals surface area contributed by atoms with E-state index < -0.39 is 35.1 Å². The Bertz CT molecular complexity index is 943. The number of hydrogen-bond acceptors (Lipinski definition) is 5. The summed E-state index contributed by atoms with van der Waals surface area (Å²) in [7, 11) is -3.85. The Hall–Kier alpha value is -2.42. The number of ether oxygens (including phenoxy) is 1. The van der Waals surface area contributed by atoms with E-state index in [1.54, 1.807) is 37.3 Å². The molecule has 9 heteroatoms. The molecule has 0 atom stereocenters. The monoisotopic (exact) mass is 410 g/mol. The van der Waals surface area contributed by atoms with Gasteiger partial charge in [-0.25, -0.2) is 8.42 Å². The zero-order chi connectivity index (χ0) is 20.0. The molecule has 144 valence electrons. The van der Waals surface area contributed by atoms with Crippen LogP contribution in [0.4, 0.5) is 5.69 Å². The van der Waals surface area contributed by atoms with E-state index in [1.165, 1.54) is 12.1 Å². The molecule has 0 saturated carbocycles. The van der Waals surface area contributed by atoms with Gasteiger partial charge in [0, 0.05) is 10.7 Å². The Morgan fingerprint density at radius 2 is 1.70 bits per heavy atom. The number of sulfonamides is 1. The van der Waals surface area contributed by atoms with Gasteiger partial charge in [0.25, 0.3) is 5.91 Å². The quantitative estimate of drug-likeness (QED) is 0.682. The smallest absolute Gasteiger partial charge is 0.321 e. The van der Waals surface area contributed by atoms with Crippen LogP contribution < -0.4 is 10.0 Å². The first-order valence-corrected chi connectivity index (χ1v) is 9.81. The molecule has 0 aromatic heterocycles. The summed E-state index contributed by atoms with van der Waals surface area (Å²) in [6.07, 6.45) is 0. The van der Waals surface area contributed by atoms with E-state index in [1.807, 2.05) is 6.92 Å². The Morgan fingerprint density at radius 3 is 2.33 bits per heavy atom. The summed E-state index contributed by atoms with van der Waals surface area (Å²) in [5.41, 5.74) is 2.27. The van der Waals surface area contributed by atoms with Gasteiger partial charge >= 0.3 is 5.97 Å². The summed E-state index contributed by atoms with van der Waals surface area (Å²) in [5.74, 6) is -1.42. The molecule has 7 nitrogen and oxygen atoms in total. The minimum atomic E-state index is -3.85. The number of hydrogen-bond donors (Lipinski definition) is 2. The Labute approximate surface area is 162 Å². The maximum absolute atomic E-state index is 12.2. The molecule has 0 radical (unpaired) electrons. The number of carbonyl (C=O) groups excluding carboxylic acids is 2. The summed E-state index contributed by atoms with van der Waals surface area (Å²) >= 11 is 5.74. The van der Waals surface area contributed by atoms with Gasteiger partial charge in [-0.15, -0.1) is 0 Å². The van der Waals surface area contributed by atoms with Gasteiger partial charge in [0.05, 0.1) is 4.90 Å². The highest BCUT2D eigenvalue weighted by Gasteiger charge is 2.17. The molecule has 0 aliphatic carbocycles. The fourth-order valence-electron chi connectivity index (χ4n) is 2.05. The number of nitrogens with one attached hydrogen (secondary N) is 2. The highest BCUT2D eigenvalue weighted by Crippen LogP contribution is 2.15. The fourth-order valence-corrected chi connectivity index (χ4v) is 3.23. The van der Waals surface area contributed by atoms with E-state index in [0.29, 0.717) is 10.7 Å². The van der Waals surface area contributed by atoms with Crippen LogP contribution >= 0.6 is 11.6 Å². The maximum atomic E-state index is 12.2. The normalized spacial score (nSPS) is 11.1. The standard InChI is InChI=1S/C18H19ClN2O5S/c1-12-3-8-16(9-13(12)2)27(24,25)20-10-18(23)26-11-17(22)21-15-6-4-14(19)5-7-15/h3-9,20H,10-11H2,1-2H3,(H,21,22). The molecule has 2 rings (SSSR count). The number of benzene rings is 2. The molecule has 0 aliphatic rings. The lowest BCUT2D eigenvalue weighted by Crippen LogP contribution is -2.32. The first-order chi connectivity index (χ1) is 12.7. The van der Waals surface area contributed by atoms with Crippen molar-refractivity contribution >= 4 is 39.2 Å². The zero-order valence-corrected chi connectivity index (χ0v) is 16.4. The average Bonchev–Trinajstić information content (AvgIpc) is 2.62. The lowest BCUT2D eigenvalue weighted by Gasteiger charge is -2.09. The molecule has 0 saturated heterocycles. The van der Waals surface area contributed by atoms with Crippen molar-refractivity contribution in [2.24, 2.45) is 0 Å². The van der Waals surface area contributed by atoms with Crippen molar-refractivity contribution < 1.29 is 22.7 Å². The van der Waals surface area contributed by atoms with Crippen LogP contribution in [-0.4, -0.2) is 33.4 Å². The number of aryl methyl sites for hydroxylation is 2. The van der Waals surface area contributed by atoms with E-state index >= 15 is 0 Å². The molecule has 27 heavy (non-hydrogen) atoms. The predicted molar refractivity (Wildman–Crippen MR) is 102 cm³/mol. The third-order valence-electron chi connectivity index (χ3n) is 3.69. The molecule has 2 aromatic rings. The van der Waals surface area contributed by atoms with Crippen molar-refractivity contribution in [2.45, 2.75) is 18.7 Å². The number of esters is 1. The summed E-state index contributed by atoms with van der Waals surface area (Å²) in [5, 5.41) is 3.04. The van der Waals surface area contributed by atoms with Crippen LogP contribution in [0.3, 0.4) is 0 Å². The van der Waals surface area contributed by atoms with E-state index in [0.717, 1.165) is 11.1 Å². The predicted octanol–water partition coefficient (Wildman–Crippen LogP) is 2.42. The van der Waals surface area contributed by atoms with Gasteiger partial charge in [0.15, 0.2) is 6.61 Å². The molecule has 1 amide bonds. The molecule has 0 aliphatic heterocycles. The Kier molecular flexibility index (Phi) is 6.95. The zero-order valence-electron chi connectivity index (χ0n) is 14.8. The fraction of sp³-hybridized carbons (Fsp3) is 0.222. The van der Waals surface area contributed by atoms with Crippen LogP contribution in [0.25, 0.3) is 0 Å². The van der Waals surface area contributed by atoms with Gasteiger partial charge in [0.2, 0.25) is 10.0 Å². The van der Waals surface area contributed by atoms with Crippen LogP contribution in [0, 0.1) is 13.8 Å². The van der Waals surface area contributed by atoms with Crippen molar-refractivity contribution in [3.8, 4) is 0 Å². The summed E-state index contributed by atoms with van der Waals surface area (Å²) < 4.78 is 31.3. The van der Waals surface area contributed by atoms with Crippen molar-refractivity contribution in [3.63, 3.8) is 0 Å². The second-order valence-electron chi connectivity index (χ2n) is 5.79. The van der Waals surface area contributed by atoms with E-state index in [9.17, 15) is 18.0 Å². The van der Waals surface area contributed by atoms with Gasteiger partial charge in [-0.3, -0.25) is 9.59 Å². The van der Waals surface area contributed by atoms with Gasteiger partial charge < -0.3 is 10.1 Å². The number of carbonyl (C=O) groups is 2. The second kappa shape index (κ2) is 8.98. The summed E-state index contributed by atoms with van der Waals surface area (Å²) in [6, 6.07) is 11.1. The third-order valence-corrected chi connectivity index (χ3v) is 5.34. The largest absolute Gasteiger partial charge is 0.455 e. The molecular weight excluding hydrogens is 392 g/mol. The van der Waals surface area contributed by atoms with Gasteiger partial charge in [-0.05, 0) is 61.4 Å². The molecule has 2 N–H and O–H groups in total. The molecule has 0 fully saturated rings. The SMILES string of the molecule is Cc1ccc(S(=O)(=O)NCC(=O)OCC(=O)Nc2ccc(Cl)cc2)cc1C. The highest BCUT2D eigenvalue weighted by molar-refractivity contribution is 7.89. The lowest BCUT2D eigenvalue weighted by atomic mass is 10.1. The number of rotatable bonds is 7. The number of anilines is 1. The van der Waals surface area contributed by atoms with Crippen LogP contribution in [0.2, 0.25) is 5.02 Å². The topological polar surface area (TPSA) is 102 Å². The minimum Gasteiger partial charge on any atom is -0.455 e. The number of amides is 1. The number of halogens is 1. The van der Waals surface area contributed by atoms with Gasteiger partial charge in [-0.1, -0.05) is 17.7 Å². The lowest BCUT2D eigenvalue weighted by molar-refractivity contribution is -0.146. The van der Waals surface area contributed by atoms with Crippen LogP contribution in [0.1, 0.15) is 11.1 Å². The van der Waals surface area contributed by atoms with Gasteiger partial charge in [0.1, 0.15) is 6.54 Å². The molecule has 2 aromatic carbocycles. The molecule has 0 unspecified atom stereocenters. The molecule has 0 bridgehead atoms. The van der Waals surface area contributed by atoms with Crippen molar-refractivity contribution in [1.82, 2.24) is 4.72 Å². The highest BCUT2D eigenvalue weighted by atomic mass is 35.5. The van der Waals surface area contributed by atoms with E-state index in [-0.39, 0.29) is 4.90 Å². The minimum absolute atomic E-state index is 0.0545. The Balaban J connectivity index is 1.82. The van der Waals surface area contributed by atoms with E-state index in [2.05, 4.69) is 10.0 Å². The third kappa shape index (κ3) is 6.35. The van der Waals surface area contributed by atoms with Crippen molar-refractivity contribution in [1.29, 1.82) is 0 Å². The first-order valence-electron chi connectivity index (χ1n) is 7.95. The molecular formula is C18H19ClN2O5S. The van der Waals surface area contributed by atoms with Crippen LogP contribution in [0.5, 0.6) is 0 Å². The molecule has 0 spiro atoms.